The van der Waals surface area contributed by atoms with E-state index in [0.717, 1.165) is 6.42 Å². The number of rotatable bonds is 5. The average Bonchev–Trinajstić information content (AvgIpc) is 2.90. The van der Waals surface area contributed by atoms with Gasteiger partial charge < -0.3 is 0 Å². The van der Waals surface area contributed by atoms with Crippen molar-refractivity contribution in [2.45, 2.75) is 36.1 Å². The van der Waals surface area contributed by atoms with Crippen molar-refractivity contribution >= 4 is 6.01 Å². The second-order valence-electron chi connectivity index (χ2n) is 8.87. The van der Waals surface area contributed by atoms with E-state index in [9.17, 15) is 0 Å². The van der Waals surface area contributed by atoms with Gasteiger partial charge in [0, 0.05) is 11.8 Å². The van der Waals surface area contributed by atoms with Gasteiger partial charge in [0.15, 0.2) is 0 Å². The van der Waals surface area contributed by atoms with Crippen molar-refractivity contribution < 1.29 is 0 Å². The van der Waals surface area contributed by atoms with Gasteiger partial charge in [0.05, 0.1) is 12.1 Å². The molecule has 0 spiro atoms. The molecule has 0 heterocycles. The van der Waals surface area contributed by atoms with Gasteiger partial charge in [-0.2, -0.15) is 0 Å². The highest BCUT2D eigenvalue weighted by atomic mass is 14.8. The van der Waals surface area contributed by atoms with Crippen molar-refractivity contribution in [3.63, 3.8) is 0 Å². The van der Waals surface area contributed by atoms with Crippen LogP contribution in [0.5, 0.6) is 0 Å². The second-order valence-corrected chi connectivity index (χ2v) is 8.87. The lowest BCUT2D eigenvalue weighted by Gasteiger charge is -2.47. The maximum atomic E-state index is 7.73. The van der Waals surface area contributed by atoms with Crippen molar-refractivity contribution in [1.29, 1.82) is 5.41 Å². The third kappa shape index (κ3) is 4.31. The molecule has 2 heteroatoms. The molecule has 33 heavy (non-hydrogen) atoms. The van der Waals surface area contributed by atoms with Gasteiger partial charge in [0.25, 0.3) is 0 Å². The predicted molar refractivity (Wildman–Crippen MR) is 135 cm³/mol. The molecule has 1 aliphatic rings. The monoisotopic (exact) mass is 428 g/mol. The van der Waals surface area contributed by atoms with Gasteiger partial charge >= 0.3 is 0 Å². The summed E-state index contributed by atoms with van der Waals surface area (Å²) < 4.78 is 0. The minimum atomic E-state index is -0.0136. The minimum absolute atomic E-state index is 0.0136. The van der Waals surface area contributed by atoms with E-state index in [0.29, 0.717) is 11.8 Å². The number of aliphatic imine (C=N–C) groups is 1. The summed E-state index contributed by atoms with van der Waals surface area (Å²) in [7, 11) is 0. The van der Waals surface area contributed by atoms with Crippen molar-refractivity contribution in [3.8, 4) is 0 Å². The summed E-state index contributed by atoms with van der Waals surface area (Å²) in [6.07, 6.45) is 0.887. The Morgan fingerprint density at radius 1 is 0.515 bits per heavy atom. The van der Waals surface area contributed by atoms with Crippen LogP contribution in [-0.4, -0.2) is 12.1 Å². The Morgan fingerprint density at radius 2 is 0.909 bits per heavy atom. The molecule has 1 fully saturated rings. The lowest BCUT2D eigenvalue weighted by Crippen LogP contribution is -2.37. The molecular weight excluding hydrogens is 400 g/mol. The van der Waals surface area contributed by atoms with E-state index in [4.69, 9.17) is 5.41 Å². The van der Waals surface area contributed by atoms with Crippen molar-refractivity contribution in [2.75, 3.05) is 0 Å². The summed E-state index contributed by atoms with van der Waals surface area (Å²) in [4.78, 5) is 4.64. The quantitative estimate of drug-likeness (QED) is 0.317. The van der Waals surface area contributed by atoms with E-state index in [-0.39, 0.29) is 17.9 Å². The van der Waals surface area contributed by atoms with Crippen molar-refractivity contribution in [1.82, 2.24) is 0 Å². The fourth-order valence-corrected chi connectivity index (χ4v) is 5.84. The Kier molecular flexibility index (Phi) is 6.28. The molecule has 1 saturated carbocycles. The maximum absolute atomic E-state index is 7.73. The Balaban J connectivity index is 1.76. The van der Waals surface area contributed by atoms with Crippen LogP contribution in [0.25, 0.3) is 0 Å². The first-order chi connectivity index (χ1) is 16.4. The topological polar surface area (TPSA) is 36.2 Å². The van der Waals surface area contributed by atoms with Crippen molar-refractivity contribution in [3.05, 3.63) is 144 Å². The van der Waals surface area contributed by atoms with Gasteiger partial charge in [-0.3, -0.25) is 0 Å². The van der Waals surface area contributed by atoms with Crippen LogP contribution in [0.2, 0.25) is 0 Å². The van der Waals surface area contributed by atoms with E-state index in [1.54, 1.807) is 0 Å². The van der Waals surface area contributed by atoms with E-state index >= 15 is 0 Å². The summed E-state index contributed by atoms with van der Waals surface area (Å²) >= 11 is 0. The molecule has 5 unspecified atom stereocenters. The van der Waals surface area contributed by atoms with Gasteiger partial charge in [-0.15, -0.1) is 0 Å². The summed E-state index contributed by atoms with van der Waals surface area (Å²) in [6.45, 7) is 0. The summed E-state index contributed by atoms with van der Waals surface area (Å²) in [6, 6.07) is 45.8. The molecule has 5 atom stereocenters. The van der Waals surface area contributed by atoms with Crippen LogP contribution in [0.15, 0.2) is 126 Å². The number of nitrogens with zero attached hydrogens (tertiary/aromatic N) is 1. The molecule has 1 N–H and O–H groups in total. The lowest BCUT2D eigenvalue weighted by molar-refractivity contribution is 0.267. The molecule has 162 valence electrons. The molecule has 0 saturated heterocycles. The fourth-order valence-electron chi connectivity index (χ4n) is 5.84. The van der Waals surface area contributed by atoms with Gasteiger partial charge in [-0.25, -0.2) is 10.4 Å². The van der Waals surface area contributed by atoms with Crippen LogP contribution in [0, 0.1) is 5.41 Å². The van der Waals surface area contributed by atoms with Crippen LogP contribution in [0.3, 0.4) is 0 Å². The van der Waals surface area contributed by atoms with Crippen LogP contribution in [0.4, 0.5) is 0 Å². The zero-order chi connectivity index (χ0) is 22.5. The van der Waals surface area contributed by atoms with E-state index in [1.807, 2.05) is 0 Å². The SMILES string of the molecule is N=C=NC1CC(c2ccccc2)C(c2ccccc2)C(c2ccccc2)C1c1ccccc1. The zero-order valence-electron chi connectivity index (χ0n) is 18.6. The molecule has 0 radical (unpaired) electrons. The smallest absolute Gasteiger partial charge is 0.0865 e. The molecule has 4 aromatic rings. The Morgan fingerprint density at radius 3 is 1.36 bits per heavy atom. The predicted octanol–water partition coefficient (Wildman–Crippen LogP) is 7.65. The first kappa shape index (κ1) is 21.1. The van der Waals surface area contributed by atoms with Crippen LogP contribution >= 0.6 is 0 Å². The third-order valence-corrected chi connectivity index (χ3v) is 7.13. The normalized spacial score (nSPS) is 24.5. The molecule has 2 nitrogen and oxygen atoms in total. The van der Waals surface area contributed by atoms with E-state index in [2.05, 4.69) is 132 Å². The molecule has 4 aromatic carbocycles. The van der Waals surface area contributed by atoms with E-state index < -0.39 is 0 Å². The summed E-state index contributed by atoms with van der Waals surface area (Å²) in [5.74, 6) is 0.966. The highest BCUT2D eigenvalue weighted by molar-refractivity contribution is 5.44. The highest BCUT2D eigenvalue weighted by Crippen LogP contribution is 2.57. The van der Waals surface area contributed by atoms with Crippen LogP contribution in [-0.2, 0) is 0 Å². The third-order valence-electron chi connectivity index (χ3n) is 7.13. The minimum Gasteiger partial charge on any atom is -0.242 e. The molecule has 0 aromatic heterocycles. The number of hydrogen-bond acceptors (Lipinski definition) is 2. The second kappa shape index (κ2) is 9.81. The van der Waals surface area contributed by atoms with Gasteiger partial charge in [0.2, 0.25) is 0 Å². The van der Waals surface area contributed by atoms with Crippen LogP contribution < -0.4 is 0 Å². The number of nitrogens with one attached hydrogen (secondary N) is 1. The Labute approximate surface area is 196 Å². The first-order valence-electron chi connectivity index (χ1n) is 11.7. The van der Waals surface area contributed by atoms with Crippen LogP contribution in [0.1, 0.15) is 52.3 Å². The van der Waals surface area contributed by atoms with Gasteiger partial charge in [0.1, 0.15) is 0 Å². The number of benzene rings is 4. The largest absolute Gasteiger partial charge is 0.242 e. The highest BCUT2D eigenvalue weighted by Gasteiger charge is 2.47. The average molecular weight is 429 g/mol. The lowest BCUT2D eigenvalue weighted by atomic mass is 9.57. The Hall–Kier alpha value is -3.74. The fraction of sp³-hybridized carbons (Fsp3) is 0.194. The molecule has 1 aliphatic carbocycles. The summed E-state index contributed by atoms with van der Waals surface area (Å²) in [5.41, 5.74) is 5.30. The first-order valence-corrected chi connectivity index (χ1v) is 11.7. The van der Waals surface area contributed by atoms with Gasteiger partial charge in [-0.05, 0) is 40.5 Å². The molecule has 0 amide bonds. The summed E-state index contributed by atoms with van der Waals surface area (Å²) in [5, 5.41) is 7.73. The molecule has 5 rings (SSSR count). The molecular formula is C31H28N2. The van der Waals surface area contributed by atoms with E-state index in [1.165, 1.54) is 22.3 Å². The number of hydrogen-bond donors (Lipinski definition) is 1. The van der Waals surface area contributed by atoms with Gasteiger partial charge in [-0.1, -0.05) is 121 Å². The molecule has 0 aliphatic heterocycles. The van der Waals surface area contributed by atoms with Crippen molar-refractivity contribution in [2.24, 2.45) is 4.99 Å². The molecule has 0 bridgehead atoms. The zero-order valence-corrected chi connectivity index (χ0v) is 18.6. The maximum Gasteiger partial charge on any atom is 0.0865 e. The Bertz CT molecular complexity index is 1200. The standard InChI is InChI=1S/C31H28N2/c32-22-33-28-21-27(23-13-5-1-6-14-23)29(24-15-7-2-8-16-24)31(26-19-11-4-12-20-26)30(28)25-17-9-3-10-18-25/h1-20,27-32H,21H2.